The number of hydrogen-bond acceptors (Lipinski definition) is 5. The molecule has 13 heteroatoms. The van der Waals surface area contributed by atoms with Crippen molar-refractivity contribution in [1.82, 2.24) is 14.5 Å². The first-order valence-electron chi connectivity index (χ1n) is 10.4. The number of halogens is 4. The van der Waals surface area contributed by atoms with Gasteiger partial charge < -0.3 is 15.3 Å². The van der Waals surface area contributed by atoms with Crippen molar-refractivity contribution in [3.8, 4) is 0 Å². The number of carboxylic acid groups (broad SMARTS) is 1. The van der Waals surface area contributed by atoms with E-state index >= 15 is 0 Å². The average molecular weight is 520 g/mol. The summed E-state index contributed by atoms with van der Waals surface area (Å²) in [5, 5.41) is 10.3. The van der Waals surface area contributed by atoms with Gasteiger partial charge in [0.05, 0.1) is 11.4 Å². The largest absolute Gasteiger partial charge is 0.490 e. The van der Waals surface area contributed by atoms with Crippen molar-refractivity contribution in [3.63, 3.8) is 0 Å². The SMILES string of the molecule is Cc1cccc(CN(CC(=O)N2CCNCC2)S(=O)(=O)c2ccc(F)cc2)c1.O=C(O)C(F)(F)F. The molecule has 0 saturated carbocycles. The molecule has 1 saturated heterocycles. The molecule has 0 spiro atoms. The van der Waals surface area contributed by atoms with Crippen LogP contribution in [0.4, 0.5) is 17.6 Å². The van der Waals surface area contributed by atoms with Gasteiger partial charge >= 0.3 is 12.1 Å². The molecule has 2 aromatic carbocycles. The lowest BCUT2D eigenvalue weighted by Crippen LogP contribution is -2.50. The second-order valence-corrected chi connectivity index (χ2v) is 9.59. The molecule has 1 heterocycles. The molecule has 2 N–H and O–H groups in total. The van der Waals surface area contributed by atoms with Gasteiger partial charge in [0, 0.05) is 32.7 Å². The van der Waals surface area contributed by atoms with Crippen molar-refractivity contribution in [2.45, 2.75) is 24.5 Å². The summed E-state index contributed by atoms with van der Waals surface area (Å²) < 4.78 is 72.5. The quantitative estimate of drug-likeness (QED) is 0.568. The molecule has 0 atom stereocenters. The lowest BCUT2D eigenvalue weighted by molar-refractivity contribution is -0.192. The zero-order valence-electron chi connectivity index (χ0n) is 18.8. The molecule has 0 unspecified atom stereocenters. The fourth-order valence-corrected chi connectivity index (χ4v) is 4.54. The van der Waals surface area contributed by atoms with Crippen LogP contribution in [0.1, 0.15) is 11.1 Å². The van der Waals surface area contributed by atoms with Crippen LogP contribution >= 0.6 is 0 Å². The number of aliphatic carboxylic acids is 1. The van der Waals surface area contributed by atoms with Crippen molar-refractivity contribution >= 4 is 21.9 Å². The number of rotatable bonds is 6. The maximum atomic E-state index is 13.2. The van der Waals surface area contributed by atoms with E-state index in [4.69, 9.17) is 9.90 Å². The van der Waals surface area contributed by atoms with Gasteiger partial charge in [0.25, 0.3) is 0 Å². The Labute approximate surface area is 200 Å². The molecule has 1 amide bonds. The van der Waals surface area contributed by atoms with Crippen LogP contribution in [-0.2, 0) is 26.2 Å². The number of nitrogens with one attached hydrogen (secondary N) is 1. The Hall–Kier alpha value is -3.03. The van der Waals surface area contributed by atoms with E-state index in [2.05, 4.69) is 5.32 Å². The summed E-state index contributed by atoms with van der Waals surface area (Å²) in [6, 6.07) is 12.2. The third-order valence-corrected chi connectivity index (χ3v) is 6.72. The van der Waals surface area contributed by atoms with Gasteiger partial charge in [0.2, 0.25) is 15.9 Å². The third-order valence-electron chi connectivity index (χ3n) is 4.92. The van der Waals surface area contributed by atoms with Gasteiger partial charge in [-0.3, -0.25) is 4.79 Å². The first kappa shape index (κ1) is 28.2. The van der Waals surface area contributed by atoms with Gasteiger partial charge in [0.1, 0.15) is 5.82 Å². The predicted octanol–water partition coefficient (Wildman–Crippen LogP) is 2.39. The lowest BCUT2D eigenvalue weighted by Gasteiger charge is -2.30. The normalized spacial score (nSPS) is 14.3. The minimum absolute atomic E-state index is 0.0327. The van der Waals surface area contributed by atoms with Crippen LogP contribution in [0.25, 0.3) is 0 Å². The number of nitrogens with zero attached hydrogens (tertiary/aromatic N) is 2. The Balaban J connectivity index is 0.000000540. The first-order chi connectivity index (χ1) is 16.3. The molecule has 8 nitrogen and oxygen atoms in total. The molecule has 0 aromatic heterocycles. The summed E-state index contributed by atoms with van der Waals surface area (Å²) in [5.74, 6) is -3.51. The van der Waals surface area contributed by atoms with Gasteiger partial charge in [-0.05, 0) is 36.8 Å². The van der Waals surface area contributed by atoms with Crippen LogP contribution in [0, 0.1) is 12.7 Å². The second-order valence-electron chi connectivity index (χ2n) is 7.65. The van der Waals surface area contributed by atoms with E-state index in [-0.39, 0.29) is 23.9 Å². The number of sulfonamides is 1. The molecule has 1 aliphatic rings. The number of aryl methyl sites for hydroxylation is 1. The van der Waals surface area contributed by atoms with E-state index in [1.165, 1.54) is 16.4 Å². The van der Waals surface area contributed by atoms with Crippen LogP contribution in [0.3, 0.4) is 0 Å². The zero-order chi connectivity index (χ0) is 26.2. The highest BCUT2D eigenvalue weighted by atomic mass is 32.2. The molecule has 0 radical (unpaired) electrons. The van der Waals surface area contributed by atoms with Crippen LogP contribution < -0.4 is 5.32 Å². The summed E-state index contributed by atoms with van der Waals surface area (Å²) in [5.41, 5.74) is 1.80. The van der Waals surface area contributed by atoms with E-state index in [9.17, 15) is 30.8 Å². The van der Waals surface area contributed by atoms with E-state index in [0.29, 0.717) is 26.2 Å². The number of carboxylic acids is 1. The monoisotopic (exact) mass is 519 g/mol. The Morgan fingerprint density at radius 1 is 1.09 bits per heavy atom. The lowest BCUT2D eigenvalue weighted by atomic mass is 10.1. The Bertz CT molecular complexity index is 1120. The average Bonchev–Trinajstić information content (AvgIpc) is 2.79. The number of hydrogen-bond donors (Lipinski definition) is 2. The first-order valence-corrected chi connectivity index (χ1v) is 11.8. The fraction of sp³-hybridized carbons (Fsp3) is 0.364. The van der Waals surface area contributed by atoms with Gasteiger partial charge in [0.15, 0.2) is 0 Å². The number of carbonyl (C=O) groups excluding carboxylic acids is 1. The summed E-state index contributed by atoms with van der Waals surface area (Å²) in [6.45, 7) is 4.21. The van der Waals surface area contributed by atoms with E-state index in [1.54, 1.807) is 4.90 Å². The molecule has 192 valence electrons. The Kier molecular flexibility index (Phi) is 9.74. The van der Waals surface area contributed by atoms with Crippen molar-refractivity contribution in [2.75, 3.05) is 32.7 Å². The maximum Gasteiger partial charge on any atom is 0.490 e. The molecular formula is C22H25F4N3O5S. The van der Waals surface area contributed by atoms with E-state index < -0.39 is 28.0 Å². The third kappa shape index (κ3) is 8.60. The van der Waals surface area contributed by atoms with Crippen LogP contribution in [0.2, 0.25) is 0 Å². The van der Waals surface area contributed by atoms with Crippen LogP contribution in [-0.4, -0.2) is 73.5 Å². The highest BCUT2D eigenvalue weighted by Gasteiger charge is 2.38. The van der Waals surface area contributed by atoms with E-state index in [1.807, 2.05) is 31.2 Å². The minimum atomic E-state index is -5.08. The number of piperazine rings is 1. The smallest absolute Gasteiger partial charge is 0.475 e. The van der Waals surface area contributed by atoms with Crippen molar-refractivity contribution < 1.29 is 40.7 Å². The molecule has 0 aliphatic carbocycles. The molecule has 2 aromatic rings. The maximum absolute atomic E-state index is 13.2. The van der Waals surface area contributed by atoms with Crippen molar-refractivity contribution in [2.24, 2.45) is 0 Å². The number of alkyl halides is 3. The van der Waals surface area contributed by atoms with Crippen LogP contribution in [0.15, 0.2) is 53.4 Å². The van der Waals surface area contributed by atoms with Crippen molar-refractivity contribution in [1.29, 1.82) is 0 Å². The molecule has 1 fully saturated rings. The summed E-state index contributed by atoms with van der Waals surface area (Å²) >= 11 is 0. The molecule has 3 rings (SSSR count). The van der Waals surface area contributed by atoms with Gasteiger partial charge in [-0.15, -0.1) is 0 Å². The van der Waals surface area contributed by atoms with Crippen LogP contribution in [0.5, 0.6) is 0 Å². The number of benzene rings is 2. The Morgan fingerprint density at radius 3 is 2.17 bits per heavy atom. The van der Waals surface area contributed by atoms with Gasteiger partial charge in [-0.2, -0.15) is 17.5 Å². The van der Waals surface area contributed by atoms with Gasteiger partial charge in [-0.25, -0.2) is 17.6 Å². The zero-order valence-corrected chi connectivity index (χ0v) is 19.6. The standard InChI is InChI=1S/C20H24FN3O3S.C2HF3O2/c1-16-3-2-4-17(13-16)14-24(15-20(25)23-11-9-22-10-12-23)28(26,27)19-7-5-18(21)6-8-19;3-2(4,5)1(6)7/h2-8,13,22H,9-12,14-15H2,1H3;(H,6,7). The predicted molar refractivity (Wildman–Crippen MR) is 118 cm³/mol. The Morgan fingerprint density at radius 2 is 1.66 bits per heavy atom. The fourth-order valence-electron chi connectivity index (χ4n) is 3.16. The molecular weight excluding hydrogens is 494 g/mol. The summed E-state index contributed by atoms with van der Waals surface area (Å²) in [4.78, 5) is 23.3. The minimum Gasteiger partial charge on any atom is -0.475 e. The highest BCUT2D eigenvalue weighted by molar-refractivity contribution is 7.89. The highest BCUT2D eigenvalue weighted by Crippen LogP contribution is 2.20. The number of carbonyl (C=O) groups is 2. The van der Waals surface area contributed by atoms with Gasteiger partial charge in [-0.1, -0.05) is 29.8 Å². The van der Waals surface area contributed by atoms with Crippen molar-refractivity contribution in [3.05, 3.63) is 65.5 Å². The molecule has 0 bridgehead atoms. The molecule has 1 aliphatic heterocycles. The molecule has 35 heavy (non-hydrogen) atoms. The summed E-state index contributed by atoms with van der Waals surface area (Å²) in [6.07, 6.45) is -5.08. The number of amides is 1. The summed E-state index contributed by atoms with van der Waals surface area (Å²) in [7, 11) is -3.96. The topological polar surface area (TPSA) is 107 Å². The van der Waals surface area contributed by atoms with E-state index in [0.717, 1.165) is 23.3 Å². The second kappa shape index (κ2) is 12.1.